The summed E-state index contributed by atoms with van der Waals surface area (Å²) in [6.45, 7) is 6.04. The molecule has 0 amide bonds. The summed E-state index contributed by atoms with van der Waals surface area (Å²) < 4.78 is 17.1. The van der Waals surface area contributed by atoms with E-state index in [1.165, 1.54) is 0 Å². The average Bonchev–Trinajstić information content (AvgIpc) is 2.37. The predicted octanol–water partition coefficient (Wildman–Crippen LogP) is 2.76. The second-order valence-corrected chi connectivity index (χ2v) is 4.40. The molecule has 0 aliphatic heterocycles. The molecule has 0 bridgehead atoms. The molecule has 5 heteroatoms. The zero-order valence-electron chi connectivity index (χ0n) is 10.7. The van der Waals surface area contributed by atoms with Gasteiger partial charge in [-0.1, -0.05) is 0 Å². The molecule has 1 N–H and O–H groups in total. The van der Waals surface area contributed by atoms with E-state index in [1.54, 1.807) is 6.07 Å². The number of ether oxygens (including phenoxy) is 3. The van der Waals surface area contributed by atoms with Crippen molar-refractivity contribution in [1.29, 1.82) is 0 Å². The number of hydrogen-bond donors (Lipinski definition) is 1. The van der Waals surface area contributed by atoms with E-state index >= 15 is 0 Å². The van der Waals surface area contributed by atoms with Gasteiger partial charge in [0, 0.05) is 6.61 Å². The van der Waals surface area contributed by atoms with Crippen LogP contribution in [0.25, 0.3) is 0 Å². The van der Waals surface area contributed by atoms with Crippen molar-refractivity contribution in [3.8, 4) is 11.5 Å². The van der Waals surface area contributed by atoms with Gasteiger partial charge in [-0.25, -0.2) is 0 Å². The monoisotopic (exact) mass is 318 g/mol. The first-order valence-corrected chi connectivity index (χ1v) is 6.78. The molecule has 0 aliphatic carbocycles. The number of aliphatic hydroxyl groups excluding tert-OH is 1. The molecule has 0 saturated heterocycles. The Morgan fingerprint density at radius 3 is 2.50 bits per heavy atom. The summed E-state index contributed by atoms with van der Waals surface area (Å²) in [5.41, 5.74) is 0.780. The summed E-state index contributed by atoms with van der Waals surface area (Å²) in [5.74, 6) is 1.28. The summed E-state index contributed by atoms with van der Waals surface area (Å²) in [6.07, 6.45) is 0. The maximum absolute atomic E-state index is 9.15. The number of aliphatic hydroxyl groups is 1. The lowest BCUT2D eigenvalue weighted by Gasteiger charge is -2.14. The largest absolute Gasteiger partial charge is 0.490 e. The van der Waals surface area contributed by atoms with Crippen molar-refractivity contribution < 1.29 is 19.3 Å². The number of halogens is 1. The van der Waals surface area contributed by atoms with Gasteiger partial charge in [0.1, 0.15) is 6.61 Å². The Kier molecular flexibility index (Phi) is 7.08. The van der Waals surface area contributed by atoms with Gasteiger partial charge in [0.25, 0.3) is 0 Å². The second kappa shape index (κ2) is 8.34. The van der Waals surface area contributed by atoms with Crippen molar-refractivity contribution >= 4 is 15.9 Å². The Labute approximate surface area is 116 Å². The summed E-state index contributed by atoms with van der Waals surface area (Å²) in [6, 6.07) is 3.60. The topological polar surface area (TPSA) is 47.9 Å². The first-order chi connectivity index (χ1) is 8.72. The lowest BCUT2D eigenvalue weighted by atomic mass is 10.2. The van der Waals surface area contributed by atoms with Crippen LogP contribution < -0.4 is 9.47 Å². The second-order valence-electron chi connectivity index (χ2n) is 3.54. The van der Waals surface area contributed by atoms with Gasteiger partial charge in [0.2, 0.25) is 0 Å². The zero-order chi connectivity index (χ0) is 13.4. The molecule has 1 aromatic rings. The smallest absolute Gasteiger partial charge is 0.175 e. The van der Waals surface area contributed by atoms with Crippen LogP contribution in [0, 0.1) is 0 Å². The van der Waals surface area contributed by atoms with E-state index in [4.69, 9.17) is 19.3 Å². The predicted molar refractivity (Wildman–Crippen MR) is 73.2 cm³/mol. The molecule has 0 unspecified atom stereocenters. The molecule has 1 aromatic carbocycles. The molecule has 0 heterocycles. The Morgan fingerprint density at radius 2 is 1.89 bits per heavy atom. The lowest BCUT2D eigenvalue weighted by molar-refractivity contribution is 0.108. The molecule has 102 valence electrons. The molecule has 0 aliphatic rings. The number of benzene rings is 1. The molecular formula is C13H19BrO4. The third kappa shape index (κ3) is 4.48. The summed E-state index contributed by atoms with van der Waals surface area (Å²) >= 11 is 3.42. The summed E-state index contributed by atoms with van der Waals surface area (Å²) in [5, 5.41) is 9.15. The van der Waals surface area contributed by atoms with E-state index in [0.717, 1.165) is 10.0 Å². The summed E-state index contributed by atoms with van der Waals surface area (Å²) in [7, 11) is 0. The van der Waals surface area contributed by atoms with Crippen LogP contribution in [-0.2, 0) is 11.3 Å². The van der Waals surface area contributed by atoms with E-state index in [-0.39, 0.29) is 6.61 Å². The molecular weight excluding hydrogens is 300 g/mol. The molecule has 1 rings (SSSR count). The molecule has 0 radical (unpaired) electrons. The molecule has 18 heavy (non-hydrogen) atoms. The minimum Gasteiger partial charge on any atom is -0.490 e. The third-order valence-corrected chi connectivity index (χ3v) is 2.82. The minimum atomic E-state index is -0.0299. The van der Waals surface area contributed by atoms with Crippen LogP contribution in [0.15, 0.2) is 16.6 Å². The first-order valence-electron chi connectivity index (χ1n) is 5.99. The van der Waals surface area contributed by atoms with Crippen LogP contribution in [0.4, 0.5) is 0 Å². The van der Waals surface area contributed by atoms with Crippen molar-refractivity contribution in [1.82, 2.24) is 0 Å². The van der Waals surface area contributed by atoms with E-state index in [9.17, 15) is 0 Å². The lowest BCUT2D eigenvalue weighted by Crippen LogP contribution is -2.08. The Hall–Kier alpha value is -0.780. The zero-order valence-corrected chi connectivity index (χ0v) is 12.3. The maximum atomic E-state index is 9.15. The molecule has 0 spiro atoms. The van der Waals surface area contributed by atoms with Crippen LogP contribution in [0.5, 0.6) is 11.5 Å². The molecule has 0 aromatic heterocycles. The van der Waals surface area contributed by atoms with Crippen LogP contribution in [-0.4, -0.2) is 31.5 Å². The Bertz CT molecular complexity index is 368. The molecule has 0 fully saturated rings. The van der Waals surface area contributed by atoms with Gasteiger partial charge in [-0.05, 0) is 47.5 Å². The van der Waals surface area contributed by atoms with Gasteiger partial charge in [-0.15, -0.1) is 0 Å². The number of hydrogen-bond acceptors (Lipinski definition) is 4. The van der Waals surface area contributed by atoms with E-state index < -0.39 is 0 Å². The maximum Gasteiger partial charge on any atom is 0.175 e. The first kappa shape index (κ1) is 15.3. The third-order valence-electron chi connectivity index (χ3n) is 2.23. The van der Waals surface area contributed by atoms with Gasteiger partial charge < -0.3 is 19.3 Å². The minimum absolute atomic E-state index is 0.0299. The molecule has 0 saturated carbocycles. The van der Waals surface area contributed by atoms with Crippen LogP contribution in [0.3, 0.4) is 0 Å². The standard InChI is InChI=1S/C13H19BrO4/c1-3-16-5-6-18-13-11(14)7-10(9-15)8-12(13)17-4-2/h7-8,15H,3-6,9H2,1-2H3. The van der Waals surface area contributed by atoms with Gasteiger partial charge in [-0.2, -0.15) is 0 Å². The van der Waals surface area contributed by atoms with Gasteiger partial charge >= 0.3 is 0 Å². The highest BCUT2D eigenvalue weighted by Crippen LogP contribution is 2.36. The summed E-state index contributed by atoms with van der Waals surface area (Å²) in [4.78, 5) is 0. The number of rotatable bonds is 8. The van der Waals surface area contributed by atoms with Crippen LogP contribution in [0.1, 0.15) is 19.4 Å². The van der Waals surface area contributed by atoms with Gasteiger partial charge in [0.15, 0.2) is 11.5 Å². The van der Waals surface area contributed by atoms with Gasteiger partial charge in [-0.3, -0.25) is 0 Å². The fourth-order valence-electron chi connectivity index (χ4n) is 1.46. The Balaban J connectivity index is 2.79. The fraction of sp³-hybridized carbons (Fsp3) is 0.538. The molecule has 4 nitrogen and oxygen atoms in total. The highest BCUT2D eigenvalue weighted by molar-refractivity contribution is 9.10. The van der Waals surface area contributed by atoms with Crippen LogP contribution in [0.2, 0.25) is 0 Å². The van der Waals surface area contributed by atoms with Gasteiger partial charge in [0.05, 0.1) is 24.3 Å². The van der Waals surface area contributed by atoms with E-state index in [2.05, 4.69) is 15.9 Å². The van der Waals surface area contributed by atoms with Crippen molar-refractivity contribution in [3.05, 3.63) is 22.2 Å². The van der Waals surface area contributed by atoms with E-state index in [1.807, 2.05) is 19.9 Å². The SMILES string of the molecule is CCOCCOc1c(Br)cc(CO)cc1OCC. The van der Waals surface area contributed by atoms with E-state index in [0.29, 0.717) is 37.9 Å². The normalized spacial score (nSPS) is 10.4. The highest BCUT2D eigenvalue weighted by atomic mass is 79.9. The molecule has 0 atom stereocenters. The Morgan fingerprint density at radius 1 is 1.11 bits per heavy atom. The van der Waals surface area contributed by atoms with Crippen molar-refractivity contribution in [2.45, 2.75) is 20.5 Å². The highest BCUT2D eigenvalue weighted by Gasteiger charge is 2.11. The van der Waals surface area contributed by atoms with Crippen molar-refractivity contribution in [2.75, 3.05) is 26.4 Å². The quantitative estimate of drug-likeness (QED) is 0.749. The average molecular weight is 319 g/mol. The van der Waals surface area contributed by atoms with Crippen molar-refractivity contribution in [2.24, 2.45) is 0 Å². The van der Waals surface area contributed by atoms with Crippen molar-refractivity contribution in [3.63, 3.8) is 0 Å². The van der Waals surface area contributed by atoms with Crippen LogP contribution >= 0.6 is 15.9 Å². The fourth-order valence-corrected chi connectivity index (χ4v) is 2.07.